The van der Waals surface area contributed by atoms with Crippen LogP contribution in [0, 0.1) is 0 Å². The van der Waals surface area contributed by atoms with Crippen LogP contribution in [-0.4, -0.2) is 23.9 Å². The summed E-state index contributed by atoms with van der Waals surface area (Å²) in [5, 5.41) is 0.584. The van der Waals surface area contributed by atoms with Gasteiger partial charge < -0.3 is 9.14 Å². The van der Waals surface area contributed by atoms with E-state index < -0.39 is 10.0 Å². The zero-order valence-electron chi connectivity index (χ0n) is 13.8. The highest BCUT2D eigenvalue weighted by Gasteiger charge is 2.15. The van der Waals surface area contributed by atoms with Crippen molar-refractivity contribution in [2.24, 2.45) is 0 Å². The third kappa shape index (κ3) is 4.31. The van der Waals surface area contributed by atoms with Crippen molar-refractivity contribution in [1.82, 2.24) is 14.1 Å². The lowest BCUT2D eigenvalue weighted by atomic mass is 10.3. The van der Waals surface area contributed by atoms with E-state index in [1.807, 2.05) is 13.8 Å². The van der Waals surface area contributed by atoms with Crippen LogP contribution in [0.1, 0.15) is 19.5 Å². The van der Waals surface area contributed by atoms with Crippen LogP contribution in [0.3, 0.4) is 0 Å². The molecule has 0 aliphatic heterocycles. The fourth-order valence-corrected chi connectivity index (χ4v) is 3.49. The van der Waals surface area contributed by atoms with Crippen molar-refractivity contribution in [2.75, 3.05) is 0 Å². The maximum atomic E-state index is 12.4. The van der Waals surface area contributed by atoms with Gasteiger partial charge in [-0.3, -0.25) is 0 Å². The number of fused-ring (bicyclic) bond motifs is 1. The molecule has 1 aromatic carbocycles. The van der Waals surface area contributed by atoms with Crippen LogP contribution in [0.15, 0.2) is 53.7 Å². The third-order valence-corrected chi connectivity index (χ3v) is 5.05. The van der Waals surface area contributed by atoms with Crippen molar-refractivity contribution < 1.29 is 13.2 Å². The van der Waals surface area contributed by atoms with Crippen LogP contribution < -0.4 is 9.46 Å². The first kappa shape index (κ1) is 17.7. The summed E-state index contributed by atoms with van der Waals surface area (Å²) in [5.41, 5.74) is 1.30. The van der Waals surface area contributed by atoms with Gasteiger partial charge in [-0.1, -0.05) is 11.6 Å². The van der Waals surface area contributed by atoms with Gasteiger partial charge in [0.05, 0.1) is 28.3 Å². The minimum absolute atomic E-state index is 0.0316. The van der Waals surface area contributed by atoms with E-state index in [1.165, 1.54) is 12.1 Å². The van der Waals surface area contributed by atoms with E-state index in [-0.39, 0.29) is 17.5 Å². The van der Waals surface area contributed by atoms with Gasteiger partial charge in [-0.25, -0.2) is 18.1 Å². The minimum Gasteiger partial charge on any atom is -0.491 e. The van der Waals surface area contributed by atoms with Crippen molar-refractivity contribution in [3.05, 3.63) is 59.5 Å². The number of rotatable bonds is 6. The summed E-state index contributed by atoms with van der Waals surface area (Å²) >= 11 is 5.93. The fourth-order valence-electron chi connectivity index (χ4n) is 2.32. The van der Waals surface area contributed by atoms with Crippen molar-refractivity contribution in [3.63, 3.8) is 0 Å². The summed E-state index contributed by atoms with van der Waals surface area (Å²) in [6.45, 7) is 3.91. The topological polar surface area (TPSA) is 72.7 Å². The normalized spacial score (nSPS) is 12.0. The number of hydrogen-bond donors (Lipinski definition) is 1. The highest BCUT2D eigenvalue weighted by atomic mass is 35.5. The Bertz CT molecular complexity index is 982. The lowest BCUT2D eigenvalue weighted by molar-refractivity contribution is 0.242. The summed E-state index contributed by atoms with van der Waals surface area (Å²) in [6, 6.07) is 9.82. The maximum Gasteiger partial charge on any atom is 0.240 e. The Morgan fingerprint density at radius 2 is 1.88 bits per heavy atom. The predicted octanol–water partition coefficient (Wildman–Crippen LogP) is 3.25. The van der Waals surface area contributed by atoms with Gasteiger partial charge in [-0.2, -0.15) is 0 Å². The minimum atomic E-state index is -3.63. The molecule has 8 heteroatoms. The van der Waals surface area contributed by atoms with Gasteiger partial charge in [0, 0.05) is 12.4 Å². The van der Waals surface area contributed by atoms with Gasteiger partial charge >= 0.3 is 0 Å². The maximum absolute atomic E-state index is 12.4. The number of halogens is 1. The summed E-state index contributed by atoms with van der Waals surface area (Å²) in [7, 11) is -3.63. The zero-order valence-corrected chi connectivity index (χ0v) is 15.4. The number of nitrogens with zero attached hydrogens (tertiary/aromatic N) is 2. The second-order valence-electron chi connectivity index (χ2n) is 5.81. The molecule has 0 spiro atoms. The number of aromatic nitrogens is 2. The fraction of sp³-hybridized carbons (Fsp3) is 0.235. The molecule has 3 aromatic rings. The van der Waals surface area contributed by atoms with Crippen LogP contribution in [0.4, 0.5) is 0 Å². The zero-order chi connectivity index (χ0) is 18.0. The summed E-state index contributed by atoms with van der Waals surface area (Å²) in [4.78, 5) is 4.53. The summed E-state index contributed by atoms with van der Waals surface area (Å²) in [6.07, 6.45) is 3.49. The molecule has 6 nitrogen and oxygen atoms in total. The number of sulfonamides is 1. The number of nitrogens with one attached hydrogen (secondary N) is 1. The monoisotopic (exact) mass is 379 g/mol. The molecule has 2 heterocycles. The highest BCUT2D eigenvalue weighted by molar-refractivity contribution is 7.89. The van der Waals surface area contributed by atoms with Crippen LogP contribution in [0.25, 0.3) is 5.65 Å². The Morgan fingerprint density at radius 1 is 1.16 bits per heavy atom. The van der Waals surface area contributed by atoms with E-state index in [0.29, 0.717) is 22.1 Å². The SMILES string of the molecule is CC(C)Oc1ccc(S(=O)(=O)NCc2cn3cc(Cl)ccc3n2)cc1. The van der Waals surface area contributed by atoms with E-state index in [9.17, 15) is 8.42 Å². The number of ether oxygens (including phenoxy) is 1. The Kier molecular flexibility index (Phi) is 4.99. The lowest BCUT2D eigenvalue weighted by Crippen LogP contribution is -2.23. The molecule has 3 rings (SSSR count). The molecule has 132 valence electrons. The molecule has 0 saturated heterocycles. The smallest absolute Gasteiger partial charge is 0.240 e. The molecule has 0 fully saturated rings. The Morgan fingerprint density at radius 3 is 2.56 bits per heavy atom. The lowest BCUT2D eigenvalue weighted by Gasteiger charge is -2.10. The van der Waals surface area contributed by atoms with Crippen LogP contribution >= 0.6 is 11.6 Å². The van der Waals surface area contributed by atoms with E-state index >= 15 is 0 Å². The standard InChI is InChI=1S/C17H18ClN3O3S/c1-12(2)24-15-4-6-16(7-5-15)25(22,23)19-9-14-11-21-10-13(18)3-8-17(21)20-14/h3-8,10-12,19H,9H2,1-2H3. The van der Waals surface area contributed by atoms with E-state index in [4.69, 9.17) is 16.3 Å². The molecular formula is C17H18ClN3O3S. The Labute approximate surface area is 151 Å². The number of imidazole rings is 1. The molecule has 0 atom stereocenters. The predicted molar refractivity (Wildman–Crippen MR) is 96.4 cm³/mol. The average molecular weight is 380 g/mol. The number of hydrogen-bond acceptors (Lipinski definition) is 4. The first-order valence-corrected chi connectivity index (χ1v) is 9.59. The molecule has 0 radical (unpaired) electrons. The molecule has 25 heavy (non-hydrogen) atoms. The molecule has 0 bridgehead atoms. The average Bonchev–Trinajstić information content (AvgIpc) is 2.95. The Hall–Kier alpha value is -2.09. The molecule has 0 aliphatic rings. The molecular weight excluding hydrogens is 362 g/mol. The Balaban J connectivity index is 1.72. The highest BCUT2D eigenvalue weighted by Crippen LogP contribution is 2.17. The van der Waals surface area contributed by atoms with Crippen molar-refractivity contribution >= 4 is 27.3 Å². The number of benzene rings is 1. The molecule has 0 amide bonds. The van der Waals surface area contributed by atoms with Gasteiger partial charge in [-0.15, -0.1) is 0 Å². The van der Waals surface area contributed by atoms with Gasteiger partial charge in [0.1, 0.15) is 11.4 Å². The largest absolute Gasteiger partial charge is 0.491 e. The first-order valence-electron chi connectivity index (χ1n) is 7.73. The van der Waals surface area contributed by atoms with E-state index in [2.05, 4.69) is 9.71 Å². The molecule has 1 N–H and O–H groups in total. The van der Waals surface area contributed by atoms with Crippen LogP contribution in [0.2, 0.25) is 5.02 Å². The summed E-state index contributed by atoms with van der Waals surface area (Å²) < 4.78 is 34.6. The third-order valence-electron chi connectivity index (χ3n) is 3.41. The van der Waals surface area contributed by atoms with Gasteiger partial charge in [0.2, 0.25) is 10.0 Å². The molecule has 0 unspecified atom stereocenters. The van der Waals surface area contributed by atoms with Crippen molar-refractivity contribution in [2.45, 2.75) is 31.4 Å². The van der Waals surface area contributed by atoms with E-state index in [0.717, 1.165) is 0 Å². The molecule has 2 aromatic heterocycles. The van der Waals surface area contributed by atoms with Crippen molar-refractivity contribution in [3.8, 4) is 5.75 Å². The first-order chi connectivity index (χ1) is 11.8. The van der Waals surface area contributed by atoms with Gasteiger partial charge in [0.25, 0.3) is 0 Å². The van der Waals surface area contributed by atoms with Crippen molar-refractivity contribution in [1.29, 1.82) is 0 Å². The number of pyridine rings is 1. The summed E-state index contributed by atoms with van der Waals surface area (Å²) in [5.74, 6) is 0.631. The van der Waals surface area contributed by atoms with Gasteiger partial charge in [-0.05, 0) is 50.2 Å². The quantitative estimate of drug-likeness (QED) is 0.713. The van der Waals surface area contributed by atoms with Gasteiger partial charge in [0.15, 0.2) is 0 Å². The second-order valence-corrected chi connectivity index (χ2v) is 8.01. The van der Waals surface area contributed by atoms with Crippen LogP contribution in [-0.2, 0) is 16.6 Å². The molecule has 0 aliphatic carbocycles. The second kappa shape index (κ2) is 7.03. The van der Waals surface area contributed by atoms with E-state index in [1.54, 1.807) is 41.1 Å². The molecule has 0 saturated carbocycles. The van der Waals surface area contributed by atoms with Crippen LogP contribution in [0.5, 0.6) is 5.75 Å².